The average Bonchev–Trinajstić information content (AvgIpc) is 3.05. The maximum atomic E-state index is 10.6. The third kappa shape index (κ3) is 2.13. The maximum Gasteiger partial charge on any atom is 0.128 e. The van der Waals surface area contributed by atoms with E-state index in [1.165, 1.54) is 17.1 Å². The number of para-hydroxylation sites is 1. The molecule has 1 N–H and O–H groups in total. The highest BCUT2D eigenvalue weighted by Crippen LogP contribution is 2.38. The Morgan fingerprint density at radius 2 is 2.21 bits per heavy atom. The molecule has 3 rings (SSSR count). The average molecular weight is 276 g/mol. The third-order valence-corrected chi connectivity index (χ3v) is 4.17. The van der Waals surface area contributed by atoms with Crippen LogP contribution in [0.5, 0.6) is 5.75 Å². The molecule has 0 amide bonds. The first-order valence-corrected chi connectivity index (χ1v) is 7.20. The second kappa shape index (κ2) is 4.90. The predicted molar refractivity (Wildman–Crippen MR) is 73.7 cm³/mol. The van der Waals surface area contributed by atoms with Crippen LogP contribution < -0.4 is 4.74 Å². The van der Waals surface area contributed by atoms with Crippen molar-refractivity contribution < 1.29 is 9.84 Å². The number of benzene rings is 1. The van der Waals surface area contributed by atoms with Crippen LogP contribution in [0.3, 0.4) is 0 Å². The Morgan fingerprint density at radius 1 is 1.37 bits per heavy atom. The van der Waals surface area contributed by atoms with E-state index in [1.807, 2.05) is 18.2 Å². The molecule has 0 saturated heterocycles. The molecule has 0 saturated carbocycles. The summed E-state index contributed by atoms with van der Waals surface area (Å²) in [5.41, 5.74) is 2.86. The van der Waals surface area contributed by atoms with Crippen molar-refractivity contribution in [2.45, 2.75) is 32.3 Å². The van der Waals surface area contributed by atoms with Gasteiger partial charge in [-0.2, -0.15) is 0 Å². The topological polar surface area (TPSA) is 55.2 Å². The third-order valence-electron chi connectivity index (χ3n) is 3.37. The summed E-state index contributed by atoms with van der Waals surface area (Å²) in [6, 6.07) is 5.93. The standard InChI is InChI=1S/C14H16N2O2S/c1-8(2)11-14(19-16-15-11)12(17)10-5-3-4-9-6-7-18-13(9)10/h3-5,8,12,17H,6-7H2,1-2H3. The van der Waals surface area contributed by atoms with Crippen LogP contribution >= 0.6 is 11.5 Å². The molecule has 0 fully saturated rings. The summed E-state index contributed by atoms with van der Waals surface area (Å²) in [6.07, 6.45) is 0.207. The van der Waals surface area contributed by atoms with Crippen molar-refractivity contribution >= 4 is 11.5 Å². The molecule has 2 aromatic rings. The SMILES string of the molecule is CC(C)c1nnsc1C(O)c1cccc2c1OCC2. The number of aliphatic hydroxyl groups is 1. The Labute approximate surface area is 116 Å². The Hall–Kier alpha value is -1.46. The Bertz CT molecular complexity index is 595. The van der Waals surface area contributed by atoms with Gasteiger partial charge < -0.3 is 9.84 Å². The predicted octanol–water partition coefficient (Wildman–Crippen LogP) is 2.68. The molecule has 4 nitrogen and oxygen atoms in total. The van der Waals surface area contributed by atoms with Crippen molar-refractivity contribution in [2.24, 2.45) is 0 Å². The van der Waals surface area contributed by atoms with Gasteiger partial charge in [0.25, 0.3) is 0 Å². The Balaban J connectivity index is 2.03. The van der Waals surface area contributed by atoms with Crippen molar-refractivity contribution in [3.05, 3.63) is 39.9 Å². The second-order valence-electron chi connectivity index (χ2n) is 5.01. The molecule has 0 spiro atoms. The summed E-state index contributed by atoms with van der Waals surface area (Å²) in [7, 11) is 0. The van der Waals surface area contributed by atoms with Gasteiger partial charge in [0.05, 0.1) is 17.2 Å². The number of hydrogen-bond donors (Lipinski definition) is 1. The zero-order valence-electron chi connectivity index (χ0n) is 11.0. The molecule has 1 aromatic heterocycles. The van der Waals surface area contributed by atoms with E-state index < -0.39 is 6.10 Å². The Morgan fingerprint density at radius 3 is 3.00 bits per heavy atom. The van der Waals surface area contributed by atoms with E-state index in [0.29, 0.717) is 6.61 Å². The van der Waals surface area contributed by atoms with Gasteiger partial charge in [0, 0.05) is 12.0 Å². The molecular weight excluding hydrogens is 260 g/mol. The number of ether oxygens (including phenoxy) is 1. The van der Waals surface area contributed by atoms with Crippen LogP contribution in [0.4, 0.5) is 0 Å². The van der Waals surface area contributed by atoms with E-state index in [1.54, 1.807) is 0 Å². The zero-order valence-corrected chi connectivity index (χ0v) is 11.8. The van der Waals surface area contributed by atoms with Gasteiger partial charge in [-0.05, 0) is 23.0 Å². The molecule has 1 aliphatic rings. The smallest absolute Gasteiger partial charge is 0.128 e. The minimum absolute atomic E-state index is 0.251. The highest BCUT2D eigenvalue weighted by Gasteiger charge is 2.26. The number of nitrogens with zero attached hydrogens (tertiary/aromatic N) is 2. The lowest BCUT2D eigenvalue weighted by molar-refractivity contribution is 0.215. The minimum atomic E-state index is -0.703. The summed E-state index contributed by atoms with van der Waals surface area (Å²) in [5, 5.41) is 14.7. The summed E-state index contributed by atoms with van der Waals surface area (Å²) in [4.78, 5) is 0.818. The fourth-order valence-electron chi connectivity index (χ4n) is 2.39. The largest absolute Gasteiger partial charge is 0.493 e. The molecule has 5 heteroatoms. The quantitative estimate of drug-likeness (QED) is 0.936. The lowest BCUT2D eigenvalue weighted by Crippen LogP contribution is -2.04. The molecule has 1 atom stereocenters. The molecule has 100 valence electrons. The van der Waals surface area contributed by atoms with Crippen molar-refractivity contribution in [3.8, 4) is 5.75 Å². The van der Waals surface area contributed by atoms with Crippen LogP contribution in [0.25, 0.3) is 0 Å². The van der Waals surface area contributed by atoms with Crippen LogP contribution in [0, 0.1) is 0 Å². The first-order chi connectivity index (χ1) is 9.18. The second-order valence-corrected chi connectivity index (χ2v) is 5.80. The first-order valence-electron chi connectivity index (χ1n) is 6.43. The normalized spacial score (nSPS) is 15.4. The molecular formula is C14H16N2O2S. The van der Waals surface area contributed by atoms with Gasteiger partial charge in [-0.3, -0.25) is 0 Å². The highest BCUT2D eigenvalue weighted by atomic mass is 32.1. The van der Waals surface area contributed by atoms with Crippen molar-refractivity contribution in [1.82, 2.24) is 9.59 Å². The van der Waals surface area contributed by atoms with Crippen molar-refractivity contribution in [1.29, 1.82) is 0 Å². The maximum absolute atomic E-state index is 10.6. The van der Waals surface area contributed by atoms with E-state index in [4.69, 9.17) is 4.74 Å². The van der Waals surface area contributed by atoms with E-state index in [9.17, 15) is 5.11 Å². The lowest BCUT2D eigenvalue weighted by Gasteiger charge is -2.14. The van der Waals surface area contributed by atoms with Crippen LogP contribution in [0.1, 0.15) is 47.6 Å². The molecule has 0 aliphatic carbocycles. The van der Waals surface area contributed by atoms with Crippen LogP contribution in [0.2, 0.25) is 0 Å². The van der Waals surface area contributed by atoms with Crippen molar-refractivity contribution in [3.63, 3.8) is 0 Å². The summed E-state index contributed by atoms with van der Waals surface area (Å²) in [5.74, 6) is 1.08. The van der Waals surface area contributed by atoms with Crippen LogP contribution in [-0.4, -0.2) is 21.3 Å². The monoisotopic (exact) mass is 276 g/mol. The lowest BCUT2D eigenvalue weighted by atomic mass is 9.99. The van der Waals surface area contributed by atoms with Gasteiger partial charge in [0.2, 0.25) is 0 Å². The number of aromatic nitrogens is 2. The van der Waals surface area contributed by atoms with E-state index >= 15 is 0 Å². The molecule has 0 bridgehead atoms. The minimum Gasteiger partial charge on any atom is -0.493 e. The number of hydrogen-bond acceptors (Lipinski definition) is 5. The Kier molecular flexibility index (Phi) is 3.24. The summed E-state index contributed by atoms with van der Waals surface area (Å²) < 4.78 is 9.63. The van der Waals surface area contributed by atoms with E-state index in [2.05, 4.69) is 23.4 Å². The van der Waals surface area contributed by atoms with Crippen molar-refractivity contribution in [2.75, 3.05) is 6.61 Å². The van der Waals surface area contributed by atoms with Gasteiger partial charge in [0.15, 0.2) is 0 Å². The van der Waals surface area contributed by atoms with E-state index in [-0.39, 0.29) is 5.92 Å². The number of aliphatic hydroxyl groups excluding tert-OH is 1. The van der Waals surface area contributed by atoms with Gasteiger partial charge >= 0.3 is 0 Å². The molecule has 19 heavy (non-hydrogen) atoms. The van der Waals surface area contributed by atoms with Crippen LogP contribution in [0.15, 0.2) is 18.2 Å². The summed E-state index contributed by atoms with van der Waals surface area (Å²) >= 11 is 1.26. The molecule has 0 radical (unpaired) electrons. The van der Waals surface area contributed by atoms with Crippen LogP contribution in [-0.2, 0) is 6.42 Å². The number of fused-ring (bicyclic) bond motifs is 1. The zero-order chi connectivity index (χ0) is 13.4. The molecule has 1 aromatic carbocycles. The van der Waals surface area contributed by atoms with Gasteiger partial charge in [0.1, 0.15) is 11.9 Å². The van der Waals surface area contributed by atoms with E-state index in [0.717, 1.165) is 28.3 Å². The van der Waals surface area contributed by atoms with Gasteiger partial charge in [-0.25, -0.2) is 0 Å². The molecule has 2 heterocycles. The highest BCUT2D eigenvalue weighted by molar-refractivity contribution is 7.05. The fourth-order valence-corrected chi connectivity index (χ4v) is 3.21. The molecule has 1 unspecified atom stereocenters. The number of rotatable bonds is 3. The van der Waals surface area contributed by atoms with Gasteiger partial charge in [-0.15, -0.1) is 5.10 Å². The fraction of sp³-hybridized carbons (Fsp3) is 0.429. The summed E-state index contributed by atoms with van der Waals surface area (Å²) in [6.45, 7) is 4.80. The van der Waals surface area contributed by atoms with Gasteiger partial charge in [-0.1, -0.05) is 36.5 Å². The molecule has 1 aliphatic heterocycles. The first kappa shape index (κ1) is 12.6.